The highest BCUT2D eigenvalue weighted by molar-refractivity contribution is 7.16. The zero-order valence-corrected chi connectivity index (χ0v) is 20.2. The van der Waals surface area contributed by atoms with Crippen LogP contribution in [0.5, 0.6) is 17.2 Å². The van der Waals surface area contributed by atoms with E-state index < -0.39 is 24.5 Å². The van der Waals surface area contributed by atoms with Crippen LogP contribution in [0.2, 0.25) is 0 Å². The van der Waals surface area contributed by atoms with Crippen molar-refractivity contribution in [2.75, 3.05) is 39.9 Å². The first-order chi connectivity index (χ1) is 15.7. The van der Waals surface area contributed by atoms with E-state index in [2.05, 4.69) is 5.32 Å². The van der Waals surface area contributed by atoms with Crippen LogP contribution in [-0.2, 0) is 19.1 Å². The van der Waals surface area contributed by atoms with Gasteiger partial charge in [-0.1, -0.05) is 0 Å². The predicted molar refractivity (Wildman–Crippen MR) is 124 cm³/mol. The lowest BCUT2D eigenvalue weighted by Gasteiger charge is -2.12. The average molecular weight is 478 g/mol. The molecule has 0 radical (unpaired) electrons. The molecule has 10 heteroatoms. The molecule has 0 aliphatic rings. The van der Waals surface area contributed by atoms with Gasteiger partial charge in [0.1, 0.15) is 5.00 Å². The Balaban J connectivity index is 2.02. The van der Waals surface area contributed by atoms with Crippen LogP contribution in [0.4, 0.5) is 5.00 Å². The number of hydrogen-bond acceptors (Lipinski definition) is 9. The summed E-state index contributed by atoms with van der Waals surface area (Å²) in [4.78, 5) is 37.4. The van der Waals surface area contributed by atoms with Crippen LogP contribution in [0, 0.1) is 13.8 Å². The largest absolute Gasteiger partial charge is 0.493 e. The Morgan fingerprint density at radius 1 is 1.00 bits per heavy atom. The molecule has 1 N–H and O–H groups in total. The summed E-state index contributed by atoms with van der Waals surface area (Å²) in [5.74, 6) is -0.511. The van der Waals surface area contributed by atoms with Crippen molar-refractivity contribution in [3.8, 4) is 17.2 Å². The lowest BCUT2D eigenvalue weighted by molar-refractivity contribution is -0.142. The van der Waals surface area contributed by atoms with Crippen LogP contribution in [0.15, 0.2) is 18.2 Å². The molecule has 1 aromatic carbocycles. The molecule has 0 saturated heterocycles. The number of carbonyl (C=O) groups excluding carboxylic acids is 3. The Morgan fingerprint density at radius 3 is 2.18 bits per heavy atom. The number of methoxy groups -OCH3 is 3. The van der Waals surface area contributed by atoms with Crippen LogP contribution in [0.25, 0.3) is 6.08 Å². The second-order valence-corrected chi connectivity index (χ2v) is 7.88. The van der Waals surface area contributed by atoms with Crippen LogP contribution in [0.1, 0.15) is 33.3 Å². The fourth-order valence-corrected chi connectivity index (χ4v) is 3.94. The minimum absolute atomic E-state index is 0.219. The number of anilines is 1. The van der Waals surface area contributed by atoms with E-state index in [9.17, 15) is 14.4 Å². The average Bonchev–Trinajstić information content (AvgIpc) is 3.08. The van der Waals surface area contributed by atoms with E-state index in [1.807, 2.05) is 6.92 Å². The molecule has 0 bridgehead atoms. The fraction of sp³-hybridized carbons (Fsp3) is 0.348. The fourth-order valence-electron chi connectivity index (χ4n) is 2.87. The summed E-state index contributed by atoms with van der Waals surface area (Å²) in [5.41, 5.74) is 1.65. The van der Waals surface area contributed by atoms with Crippen LogP contribution >= 0.6 is 11.3 Å². The maximum absolute atomic E-state index is 12.3. The quantitative estimate of drug-likeness (QED) is 0.407. The molecule has 0 fully saturated rings. The second kappa shape index (κ2) is 11.9. The van der Waals surface area contributed by atoms with Crippen molar-refractivity contribution in [3.63, 3.8) is 0 Å². The van der Waals surface area contributed by atoms with Gasteiger partial charge in [0.2, 0.25) is 5.75 Å². The molecule has 0 saturated carbocycles. The lowest BCUT2D eigenvalue weighted by Crippen LogP contribution is -2.21. The van der Waals surface area contributed by atoms with Gasteiger partial charge in [-0.3, -0.25) is 4.79 Å². The zero-order valence-electron chi connectivity index (χ0n) is 19.4. The highest BCUT2D eigenvalue weighted by atomic mass is 32.1. The highest BCUT2D eigenvalue weighted by Gasteiger charge is 2.22. The molecule has 178 valence electrons. The highest BCUT2D eigenvalue weighted by Crippen LogP contribution is 2.38. The first-order valence-electron chi connectivity index (χ1n) is 9.97. The summed E-state index contributed by atoms with van der Waals surface area (Å²) in [6.45, 7) is 5.02. The predicted octanol–water partition coefficient (Wildman–Crippen LogP) is 3.76. The maximum atomic E-state index is 12.3. The Morgan fingerprint density at radius 2 is 1.64 bits per heavy atom. The Kier molecular flexibility index (Phi) is 9.29. The number of thiophene rings is 1. The van der Waals surface area contributed by atoms with Crippen molar-refractivity contribution in [3.05, 3.63) is 39.8 Å². The van der Waals surface area contributed by atoms with Gasteiger partial charge in [-0.15, -0.1) is 11.3 Å². The molecule has 0 atom stereocenters. The number of ether oxygens (including phenoxy) is 5. The third-order valence-corrected chi connectivity index (χ3v) is 5.68. The SMILES string of the molecule is CCOC(=O)c1c(NC(=O)COC(=O)C=Cc2cc(OC)c(OC)c(OC)c2)sc(C)c1C. The number of nitrogens with one attached hydrogen (secondary N) is 1. The topological polar surface area (TPSA) is 109 Å². The minimum Gasteiger partial charge on any atom is -0.493 e. The van der Waals surface area contributed by atoms with Gasteiger partial charge in [0.15, 0.2) is 18.1 Å². The van der Waals surface area contributed by atoms with Gasteiger partial charge in [-0.25, -0.2) is 9.59 Å². The molecule has 1 aromatic heterocycles. The van der Waals surface area contributed by atoms with Crippen LogP contribution in [0.3, 0.4) is 0 Å². The molecule has 2 aromatic rings. The normalized spacial score (nSPS) is 10.6. The van der Waals surface area contributed by atoms with Gasteiger partial charge in [0, 0.05) is 11.0 Å². The van der Waals surface area contributed by atoms with Gasteiger partial charge in [0.25, 0.3) is 5.91 Å². The van der Waals surface area contributed by atoms with Crippen molar-refractivity contribution >= 4 is 40.3 Å². The number of amides is 1. The molecule has 0 aliphatic heterocycles. The van der Waals surface area contributed by atoms with Gasteiger partial charge < -0.3 is 29.0 Å². The third kappa shape index (κ3) is 6.48. The van der Waals surface area contributed by atoms with Gasteiger partial charge in [-0.05, 0) is 50.1 Å². The number of rotatable bonds is 10. The van der Waals surface area contributed by atoms with Gasteiger partial charge >= 0.3 is 11.9 Å². The monoisotopic (exact) mass is 477 g/mol. The van der Waals surface area contributed by atoms with Crippen molar-refractivity contribution < 1.29 is 38.1 Å². The maximum Gasteiger partial charge on any atom is 0.341 e. The molecule has 0 unspecified atom stereocenters. The summed E-state index contributed by atoms with van der Waals surface area (Å²) in [6, 6.07) is 3.33. The molecular formula is C23H27NO8S. The Bertz CT molecular complexity index is 1030. The van der Waals surface area contributed by atoms with Gasteiger partial charge in [-0.2, -0.15) is 0 Å². The number of carbonyl (C=O) groups is 3. The van der Waals surface area contributed by atoms with Crippen LogP contribution < -0.4 is 19.5 Å². The van der Waals surface area contributed by atoms with E-state index in [1.54, 1.807) is 26.0 Å². The molecule has 1 heterocycles. The minimum atomic E-state index is -0.719. The van der Waals surface area contributed by atoms with Crippen molar-refractivity contribution in [1.82, 2.24) is 0 Å². The summed E-state index contributed by atoms with van der Waals surface area (Å²) in [6.07, 6.45) is 2.67. The number of hydrogen-bond donors (Lipinski definition) is 1. The van der Waals surface area contributed by atoms with Crippen molar-refractivity contribution in [1.29, 1.82) is 0 Å². The Hall–Kier alpha value is -3.53. The van der Waals surface area contributed by atoms with Crippen LogP contribution in [-0.4, -0.2) is 52.4 Å². The van der Waals surface area contributed by atoms with E-state index >= 15 is 0 Å². The second-order valence-electron chi connectivity index (χ2n) is 6.66. The first kappa shape index (κ1) is 25.7. The summed E-state index contributed by atoms with van der Waals surface area (Å²) >= 11 is 1.25. The zero-order chi connectivity index (χ0) is 24.5. The molecule has 2 rings (SSSR count). The van der Waals surface area contributed by atoms with E-state index in [1.165, 1.54) is 44.8 Å². The van der Waals surface area contributed by atoms with E-state index in [4.69, 9.17) is 23.7 Å². The van der Waals surface area contributed by atoms with E-state index in [-0.39, 0.29) is 6.61 Å². The summed E-state index contributed by atoms with van der Waals surface area (Å²) < 4.78 is 25.9. The smallest absolute Gasteiger partial charge is 0.341 e. The Labute approximate surface area is 196 Å². The third-order valence-electron chi connectivity index (χ3n) is 4.56. The molecular weight excluding hydrogens is 450 g/mol. The van der Waals surface area contributed by atoms with E-state index in [0.29, 0.717) is 33.4 Å². The number of esters is 2. The lowest BCUT2D eigenvalue weighted by atomic mass is 10.1. The molecule has 1 amide bonds. The van der Waals surface area contributed by atoms with Crippen molar-refractivity contribution in [2.45, 2.75) is 20.8 Å². The standard InChI is InChI=1S/C23H27NO8S/c1-7-31-23(27)20-13(2)14(3)33-22(20)24-18(25)12-32-19(26)9-8-15-10-16(28-4)21(30-6)17(11-15)29-5/h8-11H,7,12H2,1-6H3,(H,24,25). The first-order valence-corrected chi connectivity index (χ1v) is 10.8. The summed E-state index contributed by atoms with van der Waals surface area (Å²) in [7, 11) is 4.47. The summed E-state index contributed by atoms with van der Waals surface area (Å²) in [5, 5.41) is 2.97. The molecule has 0 spiro atoms. The number of aryl methyl sites for hydroxylation is 1. The van der Waals surface area contributed by atoms with Crippen molar-refractivity contribution in [2.24, 2.45) is 0 Å². The molecule has 33 heavy (non-hydrogen) atoms. The van der Waals surface area contributed by atoms with Gasteiger partial charge in [0.05, 0.1) is 33.5 Å². The number of benzene rings is 1. The molecule has 9 nitrogen and oxygen atoms in total. The van der Waals surface area contributed by atoms with E-state index in [0.717, 1.165) is 10.4 Å². The molecule has 0 aliphatic carbocycles.